The quantitative estimate of drug-likeness (QED) is 0.751. The van der Waals surface area contributed by atoms with Gasteiger partial charge in [-0.2, -0.15) is 0 Å². The lowest BCUT2D eigenvalue weighted by Crippen LogP contribution is -2.38. The highest BCUT2D eigenvalue weighted by Gasteiger charge is 2.25. The van der Waals surface area contributed by atoms with E-state index < -0.39 is 0 Å². The first-order valence-corrected chi connectivity index (χ1v) is 7.56. The SMILES string of the molecule is CCC(CC)(CCl)CNC(=O)c1ccc(Cl)c(Cl)c1. The van der Waals surface area contributed by atoms with Gasteiger partial charge in [-0.05, 0) is 31.0 Å². The monoisotopic (exact) mass is 321 g/mol. The van der Waals surface area contributed by atoms with Crippen LogP contribution in [0.1, 0.15) is 37.0 Å². The Hall–Kier alpha value is -0.440. The maximum absolute atomic E-state index is 12.0. The summed E-state index contributed by atoms with van der Waals surface area (Å²) in [6.45, 7) is 4.72. The van der Waals surface area contributed by atoms with Crippen LogP contribution in [-0.4, -0.2) is 18.3 Å². The van der Waals surface area contributed by atoms with E-state index in [9.17, 15) is 4.79 Å². The maximum Gasteiger partial charge on any atom is 0.251 e. The van der Waals surface area contributed by atoms with Gasteiger partial charge in [0, 0.05) is 23.4 Å². The first kappa shape index (κ1) is 16.6. The molecule has 0 radical (unpaired) electrons. The molecule has 0 unspecified atom stereocenters. The Morgan fingerprint density at radius 1 is 1.21 bits per heavy atom. The number of carbonyl (C=O) groups excluding carboxylic acids is 1. The van der Waals surface area contributed by atoms with Gasteiger partial charge >= 0.3 is 0 Å². The molecule has 0 aliphatic heterocycles. The molecule has 1 N–H and O–H groups in total. The van der Waals surface area contributed by atoms with Gasteiger partial charge in [-0.3, -0.25) is 4.79 Å². The van der Waals surface area contributed by atoms with Crippen molar-refractivity contribution in [2.24, 2.45) is 5.41 Å². The summed E-state index contributed by atoms with van der Waals surface area (Å²) in [5.41, 5.74) is 0.457. The second-order valence-electron chi connectivity index (χ2n) is 4.65. The van der Waals surface area contributed by atoms with Crippen LogP contribution in [0.2, 0.25) is 10.0 Å². The van der Waals surface area contributed by atoms with Gasteiger partial charge < -0.3 is 5.32 Å². The first-order chi connectivity index (χ1) is 8.98. The number of rotatable bonds is 6. The minimum Gasteiger partial charge on any atom is -0.351 e. The largest absolute Gasteiger partial charge is 0.351 e. The molecule has 0 heterocycles. The van der Waals surface area contributed by atoms with E-state index in [1.165, 1.54) is 0 Å². The van der Waals surface area contributed by atoms with Crippen molar-refractivity contribution < 1.29 is 4.79 Å². The summed E-state index contributed by atoms with van der Waals surface area (Å²) >= 11 is 17.7. The number of nitrogens with one attached hydrogen (secondary N) is 1. The Kier molecular flexibility index (Phi) is 6.45. The third-order valence-electron chi connectivity index (χ3n) is 3.59. The van der Waals surface area contributed by atoms with E-state index in [1.807, 2.05) is 0 Å². The summed E-state index contributed by atoms with van der Waals surface area (Å²) in [6.07, 6.45) is 1.85. The Labute approximate surface area is 129 Å². The van der Waals surface area contributed by atoms with Crippen LogP contribution in [0.15, 0.2) is 18.2 Å². The van der Waals surface area contributed by atoms with Crippen LogP contribution >= 0.6 is 34.8 Å². The average molecular weight is 323 g/mol. The summed E-state index contributed by atoms with van der Waals surface area (Å²) in [5.74, 6) is 0.372. The third kappa shape index (κ3) is 4.27. The van der Waals surface area contributed by atoms with Gasteiger partial charge in [0.25, 0.3) is 5.91 Å². The minimum atomic E-state index is -0.157. The van der Waals surface area contributed by atoms with E-state index in [0.29, 0.717) is 28.0 Å². The highest BCUT2D eigenvalue weighted by molar-refractivity contribution is 6.42. The number of hydrogen-bond acceptors (Lipinski definition) is 1. The third-order valence-corrected chi connectivity index (χ3v) is 4.90. The topological polar surface area (TPSA) is 29.1 Å². The summed E-state index contributed by atoms with van der Waals surface area (Å²) < 4.78 is 0. The Balaban J connectivity index is 2.72. The van der Waals surface area contributed by atoms with Crippen molar-refractivity contribution in [1.82, 2.24) is 5.32 Å². The molecule has 0 saturated heterocycles. The molecule has 5 heteroatoms. The van der Waals surface area contributed by atoms with Gasteiger partial charge in [-0.15, -0.1) is 11.6 Å². The van der Waals surface area contributed by atoms with Crippen molar-refractivity contribution >= 4 is 40.7 Å². The fraction of sp³-hybridized carbons (Fsp3) is 0.500. The van der Waals surface area contributed by atoms with E-state index in [4.69, 9.17) is 34.8 Å². The highest BCUT2D eigenvalue weighted by Crippen LogP contribution is 2.27. The van der Waals surface area contributed by atoms with E-state index in [1.54, 1.807) is 18.2 Å². The number of carbonyl (C=O) groups is 1. The van der Waals surface area contributed by atoms with Gasteiger partial charge in [0.2, 0.25) is 0 Å². The lowest BCUT2D eigenvalue weighted by Gasteiger charge is -2.29. The van der Waals surface area contributed by atoms with Gasteiger partial charge in [0.05, 0.1) is 10.0 Å². The predicted molar refractivity (Wildman–Crippen MR) is 82.5 cm³/mol. The number of amides is 1. The molecule has 1 aromatic carbocycles. The number of halogens is 3. The second kappa shape index (κ2) is 7.37. The summed E-state index contributed by atoms with van der Waals surface area (Å²) in [7, 11) is 0. The Morgan fingerprint density at radius 3 is 2.32 bits per heavy atom. The number of benzene rings is 1. The van der Waals surface area contributed by atoms with Gasteiger partial charge in [-0.1, -0.05) is 37.0 Å². The van der Waals surface area contributed by atoms with E-state index in [2.05, 4.69) is 19.2 Å². The molecule has 1 aromatic rings. The summed E-state index contributed by atoms with van der Waals surface area (Å²) in [6, 6.07) is 4.84. The Morgan fingerprint density at radius 2 is 1.84 bits per heavy atom. The zero-order valence-electron chi connectivity index (χ0n) is 11.1. The van der Waals surface area contributed by atoms with Gasteiger partial charge in [0.1, 0.15) is 0 Å². The molecule has 1 rings (SSSR count). The van der Waals surface area contributed by atoms with Crippen molar-refractivity contribution in [3.05, 3.63) is 33.8 Å². The molecule has 0 aromatic heterocycles. The maximum atomic E-state index is 12.0. The zero-order valence-corrected chi connectivity index (χ0v) is 13.4. The molecule has 0 atom stereocenters. The van der Waals surface area contributed by atoms with Crippen molar-refractivity contribution in [2.45, 2.75) is 26.7 Å². The summed E-state index contributed by atoms with van der Waals surface area (Å²) in [4.78, 5) is 12.0. The van der Waals surface area contributed by atoms with Crippen molar-refractivity contribution in [3.8, 4) is 0 Å². The molecular weight excluding hydrogens is 305 g/mol. The fourth-order valence-corrected chi connectivity index (χ4v) is 2.51. The molecule has 0 fully saturated rings. The molecule has 1 amide bonds. The van der Waals surface area contributed by atoms with E-state index >= 15 is 0 Å². The average Bonchev–Trinajstić information content (AvgIpc) is 2.43. The highest BCUT2D eigenvalue weighted by atomic mass is 35.5. The smallest absolute Gasteiger partial charge is 0.251 e. The van der Waals surface area contributed by atoms with Crippen LogP contribution in [0.4, 0.5) is 0 Å². The molecule has 19 heavy (non-hydrogen) atoms. The summed E-state index contributed by atoms with van der Waals surface area (Å²) in [5, 5.41) is 3.73. The van der Waals surface area contributed by atoms with Gasteiger partial charge in [-0.25, -0.2) is 0 Å². The molecule has 0 spiro atoms. The molecule has 0 aliphatic rings. The van der Waals surface area contributed by atoms with Crippen LogP contribution < -0.4 is 5.32 Å². The molecular formula is C14H18Cl3NO. The molecule has 2 nitrogen and oxygen atoms in total. The second-order valence-corrected chi connectivity index (χ2v) is 5.73. The van der Waals surface area contributed by atoms with Gasteiger partial charge in [0.15, 0.2) is 0 Å². The zero-order chi connectivity index (χ0) is 14.5. The molecule has 106 valence electrons. The number of alkyl halides is 1. The van der Waals surface area contributed by atoms with Crippen LogP contribution in [0.5, 0.6) is 0 Å². The normalized spacial score (nSPS) is 11.4. The molecule has 0 bridgehead atoms. The minimum absolute atomic E-state index is 0.0482. The van der Waals surface area contributed by atoms with Crippen molar-refractivity contribution in [1.29, 1.82) is 0 Å². The molecule has 0 aliphatic carbocycles. The Bertz CT molecular complexity index is 436. The van der Waals surface area contributed by atoms with E-state index in [-0.39, 0.29) is 11.3 Å². The lowest BCUT2D eigenvalue weighted by atomic mass is 9.84. The standard InChI is InChI=1S/C14H18Cl3NO/c1-3-14(4-2,8-15)9-18-13(19)10-5-6-11(16)12(17)7-10/h5-7H,3-4,8-9H2,1-2H3,(H,18,19). The van der Waals surface area contributed by atoms with Crippen LogP contribution in [0.25, 0.3) is 0 Å². The fourth-order valence-electron chi connectivity index (χ4n) is 1.74. The van der Waals surface area contributed by atoms with Crippen molar-refractivity contribution in [2.75, 3.05) is 12.4 Å². The molecule has 0 saturated carbocycles. The van der Waals surface area contributed by atoms with Crippen LogP contribution in [0.3, 0.4) is 0 Å². The first-order valence-electron chi connectivity index (χ1n) is 6.27. The lowest BCUT2D eigenvalue weighted by molar-refractivity contribution is 0.0932. The van der Waals surface area contributed by atoms with Crippen LogP contribution in [0, 0.1) is 5.41 Å². The predicted octanol–water partition coefficient (Wildman–Crippen LogP) is 4.77. The number of hydrogen-bond donors (Lipinski definition) is 1. The van der Waals surface area contributed by atoms with E-state index in [0.717, 1.165) is 12.8 Å². The van der Waals surface area contributed by atoms with Crippen LogP contribution in [-0.2, 0) is 0 Å². The van der Waals surface area contributed by atoms with Crippen molar-refractivity contribution in [3.63, 3.8) is 0 Å².